The standard InChI is InChI=1S/C14H19ClN4S/c1-17-5-6-18(2)11(8-17)9-19-13-4-3-10(15)7-12(13)16-14(19)20/h3-4,7,11H,5-6,8-9H2,1-2H3,(H,16,20). The Kier molecular flexibility index (Phi) is 3.86. The smallest absolute Gasteiger partial charge is 0.178 e. The molecule has 1 aliphatic rings. The molecule has 1 atom stereocenters. The number of rotatable bonds is 2. The van der Waals surface area contributed by atoms with Crippen LogP contribution < -0.4 is 0 Å². The average molecular weight is 311 g/mol. The molecule has 1 N–H and O–H groups in total. The van der Waals surface area contributed by atoms with Crippen molar-refractivity contribution in [3.05, 3.63) is 28.0 Å². The third-order valence-electron chi connectivity index (χ3n) is 4.11. The molecule has 2 heterocycles. The molecule has 6 heteroatoms. The van der Waals surface area contributed by atoms with Gasteiger partial charge in [-0.3, -0.25) is 4.90 Å². The number of halogens is 1. The van der Waals surface area contributed by atoms with E-state index in [1.165, 1.54) is 0 Å². The van der Waals surface area contributed by atoms with Crippen molar-refractivity contribution in [3.63, 3.8) is 0 Å². The van der Waals surface area contributed by atoms with E-state index in [2.05, 4.69) is 33.4 Å². The van der Waals surface area contributed by atoms with Crippen molar-refractivity contribution >= 4 is 34.9 Å². The molecule has 0 bridgehead atoms. The van der Waals surface area contributed by atoms with Crippen LogP contribution in [0.15, 0.2) is 18.2 Å². The Morgan fingerprint density at radius 2 is 2.15 bits per heavy atom. The zero-order valence-electron chi connectivity index (χ0n) is 11.8. The van der Waals surface area contributed by atoms with Crippen LogP contribution in [-0.4, -0.2) is 59.1 Å². The average Bonchev–Trinajstić information content (AvgIpc) is 2.69. The van der Waals surface area contributed by atoms with Gasteiger partial charge in [-0.15, -0.1) is 0 Å². The zero-order chi connectivity index (χ0) is 14.3. The van der Waals surface area contributed by atoms with Crippen LogP contribution in [0, 0.1) is 4.77 Å². The van der Waals surface area contributed by atoms with Crippen LogP contribution in [0.2, 0.25) is 5.02 Å². The maximum absolute atomic E-state index is 6.04. The summed E-state index contributed by atoms with van der Waals surface area (Å²) in [5, 5.41) is 0.732. The summed E-state index contributed by atoms with van der Waals surface area (Å²) in [5.41, 5.74) is 2.13. The molecule has 0 radical (unpaired) electrons. The normalized spacial score (nSPS) is 21.6. The fraction of sp³-hybridized carbons (Fsp3) is 0.500. The van der Waals surface area contributed by atoms with E-state index in [0.717, 1.165) is 47.0 Å². The largest absolute Gasteiger partial charge is 0.331 e. The first-order chi connectivity index (χ1) is 9.54. The molecule has 0 aliphatic carbocycles. The van der Waals surface area contributed by atoms with Gasteiger partial charge in [-0.2, -0.15) is 0 Å². The Morgan fingerprint density at radius 3 is 2.95 bits per heavy atom. The van der Waals surface area contributed by atoms with Gasteiger partial charge in [0.15, 0.2) is 4.77 Å². The first-order valence-electron chi connectivity index (χ1n) is 6.81. The molecule has 1 unspecified atom stereocenters. The van der Waals surface area contributed by atoms with Crippen molar-refractivity contribution in [2.75, 3.05) is 33.7 Å². The monoisotopic (exact) mass is 310 g/mol. The highest BCUT2D eigenvalue weighted by atomic mass is 35.5. The number of nitrogens with zero attached hydrogens (tertiary/aromatic N) is 3. The second-order valence-corrected chi connectivity index (χ2v) is 6.42. The van der Waals surface area contributed by atoms with Crippen LogP contribution in [0.4, 0.5) is 0 Å². The van der Waals surface area contributed by atoms with Gasteiger partial charge in [-0.05, 0) is 44.5 Å². The second-order valence-electron chi connectivity index (χ2n) is 5.60. The molecule has 0 saturated carbocycles. The quantitative estimate of drug-likeness (QED) is 0.864. The summed E-state index contributed by atoms with van der Waals surface area (Å²) >= 11 is 11.5. The summed E-state index contributed by atoms with van der Waals surface area (Å²) in [6.45, 7) is 4.20. The van der Waals surface area contributed by atoms with Crippen molar-refractivity contribution in [1.29, 1.82) is 0 Å². The second kappa shape index (κ2) is 5.48. The van der Waals surface area contributed by atoms with E-state index in [1.54, 1.807) is 0 Å². The van der Waals surface area contributed by atoms with Crippen LogP contribution in [0.3, 0.4) is 0 Å². The summed E-state index contributed by atoms with van der Waals surface area (Å²) in [5.74, 6) is 0. The SMILES string of the molecule is CN1CCN(C)C(Cn2c(=S)[nH]c3cc(Cl)ccc32)C1. The van der Waals surface area contributed by atoms with Gasteiger partial charge in [-0.25, -0.2) is 0 Å². The Balaban J connectivity index is 1.94. The predicted molar refractivity (Wildman–Crippen MR) is 86.0 cm³/mol. The number of aromatic nitrogens is 2. The minimum Gasteiger partial charge on any atom is -0.331 e. The van der Waals surface area contributed by atoms with Gasteiger partial charge in [-0.1, -0.05) is 11.6 Å². The van der Waals surface area contributed by atoms with Crippen molar-refractivity contribution in [2.24, 2.45) is 0 Å². The number of imidazole rings is 1. The molecular formula is C14H19ClN4S. The van der Waals surface area contributed by atoms with E-state index >= 15 is 0 Å². The van der Waals surface area contributed by atoms with Gasteiger partial charge in [0.2, 0.25) is 0 Å². The Hall–Kier alpha value is -0.880. The van der Waals surface area contributed by atoms with Crippen LogP contribution in [0.25, 0.3) is 11.0 Å². The van der Waals surface area contributed by atoms with E-state index in [-0.39, 0.29) is 0 Å². The van der Waals surface area contributed by atoms with E-state index in [4.69, 9.17) is 23.8 Å². The maximum atomic E-state index is 6.04. The van der Waals surface area contributed by atoms with Gasteiger partial charge in [0.05, 0.1) is 11.0 Å². The highest BCUT2D eigenvalue weighted by Gasteiger charge is 2.23. The summed E-state index contributed by atoms with van der Waals surface area (Å²) in [7, 11) is 4.36. The lowest BCUT2D eigenvalue weighted by Gasteiger charge is -2.37. The summed E-state index contributed by atoms with van der Waals surface area (Å²) < 4.78 is 2.95. The molecule has 1 aliphatic heterocycles. The molecule has 1 aromatic heterocycles. The minimum absolute atomic E-state index is 0.482. The fourth-order valence-corrected chi connectivity index (χ4v) is 3.28. The topological polar surface area (TPSA) is 27.2 Å². The summed E-state index contributed by atoms with van der Waals surface area (Å²) in [4.78, 5) is 8.03. The van der Waals surface area contributed by atoms with Crippen LogP contribution >= 0.6 is 23.8 Å². The number of H-pyrrole nitrogens is 1. The predicted octanol–water partition coefficient (Wildman–Crippen LogP) is 2.60. The molecule has 2 aromatic rings. The van der Waals surface area contributed by atoms with Crippen molar-refractivity contribution in [3.8, 4) is 0 Å². The highest BCUT2D eigenvalue weighted by Crippen LogP contribution is 2.20. The molecule has 1 saturated heterocycles. The highest BCUT2D eigenvalue weighted by molar-refractivity contribution is 7.71. The number of likely N-dealkylation sites (N-methyl/N-ethyl adjacent to an activating group) is 2. The van der Waals surface area contributed by atoms with Crippen LogP contribution in [-0.2, 0) is 6.54 Å². The van der Waals surface area contributed by atoms with E-state index < -0.39 is 0 Å². The van der Waals surface area contributed by atoms with Crippen LogP contribution in [0.5, 0.6) is 0 Å². The molecule has 108 valence electrons. The third kappa shape index (κ3) is 2.63. The van der Waals surface area contributed by atoms with Crippen molar-refractivity contribution in [2.45, 2.75) is 12.6 Å². The van der Waals surface area contributed by atoms with Crippen molar-refractivity contribution in [1.82, 2.24) is 19.4 Å². The minimum atomic E-state index is 0.482. The van der Waals surface area contributed by atoms with Gasteiger partial charge in [0.1, 0.15) is 0 Å². The van der Waals surface area contributed by atoms with Gasteiger partial charge >= 0.3 is 0 Å². The van der Waals surface area contributed by atoms with Gasteiger partial charge < -0.3 is 14.5 Å². The van der Waals surface area contributed by atoms with Crippen molar-refractivity contribution < 1.29 is 0 Å². The lowest BCUT2D eigenvalue weighted by atomic mass is 10.2. The first kappa shape index (κ1) is 14.1. The van der Waals surface area contributed by atoms with Gasteiger partial charge in [0, 0.05) is 37.2 Å². The zero-order valence-corrected chi connectivity index (χ0v) is 13.3. The van der Waals surface area contributed by atoms with E-state index in [9.17, 15) is 0 Å². The number of nitrogens with one attached hydrogen (secondary N) is 1. The molecule has 0 amide bonds. The van der Waals surface area contributed by atoms with E-state index in [1.807, 2.05) is 18.2 Å². The Labute approximate surface area is 128 Å². The first-order valence-corrected chi connectivity index (χ1v) is 7.60. The number of hydrogen-bond donors (Lipinski definition) is 1. The Bertz CT molecular complexity index is 677. The number of aromatic amines is 1. The molecular weight excluding hydrogens is 292 g/mol. The molecule has 20 heavy (non-hydrogen) atoms. The Morgan fingerprint density at radius 1 is 1.35 bits per heavy atom. The number of benzene rings is 1. The molecule has 1 aromatic carbocycles. The molecule has 4 nitrogen and oxygen atoms in total. The molecule has 0 spiro atoms. The number of hydrogen-bond acceptors (Lipinski definition) is 3. The summed E-state index contributed by atoms with van der Waals surface area (Å²) in [6, 6.07) is 6.37. The molecule has 3 rings (SSSR count). The number of piperazine rings is 1. The van der Waals surface area contributed by atoms with E-state index in [0.29, 0.717) is 6.04 Å². The molecule has 1 fully saturated rings. The third-order valence-corrected chi connectivity index (χ3v) is 4.67. The lowest BCUT2D eigenvalue weighted by Crippen LogP contribution is -2.51. The van der Waals surface area contributed by atoms with Gasteiger partial charge in [0.25, 0.3) is 0 Å². The lowest BCUT2D eigenvalue weighted by molar-refractivity contribution is 0.103. The maximum Gasteiger partial charge on any atom is 0.178 e. The summed E-state index contributed by atoms with van der Waals surface area (Å²) in [6.07, 6.45) is 0. The number of fused-ring (bicyclic) bond motifs is 1. The van der Waals surface area contributed by atoms with Crippen LogP contribution in [0.1, 0.15) is 0 Å². The fourth-order valence-electron chi connectivity index (χ4n) is 2.83.